The number of rotatable bonds is 4. The van der Waals surface area contributed by atoms with Gasteiger partial charge in [0, 0.05) is 11.8 Å². The van der Waals surface area contributed by atoms with Gasteiger partial charge in [0.25, 0.3) is 11.8 Å². The van der Waals surface area contributed by atoms with Gasteiger partial charge in [0.15, 0.2) is 11.6 Å². The Hall–Kier alpha value is -3.58. The van der Waals surface area contributed by atoms with Gasteiger partial charge in [-0.2, -0.15) is 0 Å². The number of carbonyl (C=O) groups excluding carboxylic acids is 2. The van der Waals surface area contributed by atoms with Gasteiger partial charge in [-0.25, -0.2) is 18.1 Å². The van der Waals surface area contributed by atoms with Gasteiger partial charge >= 0.3 is 0 Å². The fraction of sp³-hybridized carbons (Fsp3) is 0. The van der Waals surface area contributed by atoms with Crippen LogP contribution < -0.4 is 10.2 Å². The number of halogens is 4. The molecule has 0 aromatic heterocycles. The van der Waals surface area contributed by atoms with Gasteiger partial charge in [0.2, 0.25) is 0 Å². The summed E-state index contributed by atoms with van der Waals surface area (Å²) >= 11 is 5.81. The zero-order valence-electron chi connectivity index (χ0n) is 15.1. The SMILES string of the molecule is O=C1C(Nc2ccc(F)c(F)c2)=C(c2ccccc2)C(=O)N1c1ccc(F)c(Cl)c1. The van der Waals surface area contributed by atoms with Crippen LogP contribution in [0.15, 0.2) is 72.4 Å². The van der Waals surface area contributed by atoms with Crippen LogP contribution in [0.4, 0.5) is 24.5 Å². The van der Waals surface area contributed by atoms with E-state index in [1.54, 1.807) is 30.3 Å². The van der Waals surface area contributed by atoms with Crippen molar-refractivity contribution >= 4 is 40.4 Å². The van der Waals surface area contributed by atoms with Crippen molar-refractivity contribution in [3.63, 3.8) is 0 Å². The molecule has 150 valence electrons. The third-order valence-electron chi connectivity index (χ3n) is 4.50. The van der Waals surface area contributed by atoms with Crippen LogP contribution in [0, 0.1) is 17.5 Å². The minimum absolute atomic E-state index is 0.0331. The van der Waals surface area contributed by atoms with Crippen LogP contribution in [0.3, 0.4) is 0 Å². The molecule has 0 fully saturated rings. The van der Waals surface area contributed by atoms with Gasteiger partial charge in [-0.05, 0) is 35.9 Å². The maximum absolute atomic E-state index is 13.6. The second-order valence-electron chi connectivity index (χ2n) is 6.41. The van der Waals surface area contributed by atoms with E-state index in [2.05, 4.69) is 5.32 Å². The Morgan fingerprint density at radius 1 is 0.767 bits per heavy atom. The third kappa shape index (κ3) is 3.44. The Morgan fingerprint density at radius 2 is 1.47 bits per heavy atom. The Balaban J connectivity index is 1.82. The summed E-state index contributed by atoms with van der Waals surface area (Å²) in [4.78, 5) is 27.1. The minimum atomic E-state index is -1.11. The average molecular weight is 429 g/mol. The van der Waals surface area contributed by atoms with E-state index in [1.807, 2.05) is 0 Å². The second kappa shape index (κ2) is 7.68. The van der Waals surface area contributed by atoms with Crippen molar-refractivity contribution in [1.82, 2.24) is 0 Å². The molecule has 0 aliphatic carbocycles. The molecule has 0 saturated carbocycles. The lowest BCUT2D eigenvalue weighted by atomic mass is 10.0. The largest absolute Gasteiger partial charge is 0.350 e. The quantitative estimate of drug-likeness (QED) is 0.584. The zero-order chi connectivity index (χ0) is 21.4. The lowest BCUT2D eigenvalue weighted by molar-refractivity contribution is -0.120. The van der Waals surface area contributed by atoms with Gasteiger partial charge < -0.3 is 5.32 Å². The molecule has 3 aromatic rings. The monoisotopic (exact) mass is 428 g/mol. The average Bonchev–Trinajstić information content (AvgIpc) is 2.97. The van der Waals surface area contributed by atoms with E-state index in [9.17, 15) is 22.8 Å². The summed E-state index contributed by atoms with van der Waals surface area (Å²) < 4.78 is 40.4. The maximum atomic E-state index is 13.6. The van der Waals surface area contributed by atoms with Crippen molar-refractivity contribution in [2.75, 3.05) is 10.2 Å². The summed E-state index contributed by atoms with van der Waals surface area (Å²) in [6.45, 7) is 0. The highest BCUT2D eigenvalue weighted by molar-refractivity contribution is 6.46. The van der Waals surface area contributed by atoms with Crippen LogP contribution in [0.5, 0.6) is 0 Å². The van der Waals surface area contributed by atoms with Crippen LogP contribution in [0.25, 0.3) is 5.57 Å². The van der Waals surface area contributed by atoms with Gasteiger partial charge in [0.1, 0.15) is 11.5 Å². The highest BCUT2D eigenvalue weighted by Gasteiger charge is 2.40. The number of hydrogen-bond acceptors (Lipinski definition) is 3. The topological polar surface area (TPSA) is 49.4 Å². The predicted molar refractivity (Wildman–Crippen MR) is 107 cm³/mol. The first-order valence-corrected chi connectivity index (χ1v) is 9.10. The molecular weight excluding hydrogens is 417 g/mol. The molecule has 0 spiro atoms. The summed E-state index contributed by atoms with van der Waals surface area (Å²) in [6.07, 6.45) is 0. The number of anilines is 2. The molecular formula is C22H12ClF3N2O2. The molecule has 1 heterocycles. The highest BCUT2D eigenvalue weighted by atomic mass is 35.5. The smallest absolute Gasteiger partial charge is 0.282 e. The van der Waals surface area contributed by atoms with Crippen LogP contribution in [0.1, 0.15) is 5.56 Å². The van der Waals surface area contributed by atoms with Gasteiger partial charge in [0.05, 0.1) is 16.3 Å². The molecule has 1 N–H and O–H groups in total. The van der Waals surface area contributed by atoms with Crippen molar-refractivity contribution < 1.29 is 22.8 Å². The number of benzene rings is 3. The first-order chi connectivity index (χ1) is 14.4. The molecule has 0 unspecified atom stereocenters. The molecule has 1 aliphatic rings. The van der Waals surface area contributed by atoms with E-state index in [0.29, 0.717) is 5.56 Å². The second-order valence-corrected chi connectivity index (χ2v) is 6.82. The third-order valence-corrected chi connectivity index (χ3v) is 4.79. The highest BCUT2D eigenvalue weighted by Crippen LogP contribution is 2.35. The van der Waals surface area contributed by atoms with Crippen LogP contribution in [-0.2, 0) is 9.59 Å². The molecule has 30 heavy (non-hydrogen) atoms. The summed E-state index contributed by atoms with van der Waals surface area (Å²) in [5.74, 6) is -4.27. The van der Waals surface area contributed by atoms with Crippen molar-refractivity contribution in [2.45, 2.75) is 0 Å². The van der Waals surface area contributed by atoms with Gasteiger partial charge in [-0.1, -0.05) is 41.9 Å². The van der Waals surface area contributed by atoms with Crippen molar-refractivity contribution in [1.29, 1.82) is 0 Å². The molecule has 0 bridgehead atoms. The number of carbonyl (C=O) groups is 2. The standard InChI is InChI=1S/C22H12ClF3N2O2/c23-15-11-14(7-9-16(15)24)28-21(29)19(12-4-2-1-3-5-12)20(22(28)30)27-13-6-8-17(25)18(26)10-13/h1-11,27H. The van der Waals surface area contributed by atoms with Crippen molar-refractivity contribution in [2.24, 2.45) is 0 Å². The molecule has 4 nitrogen and oxygen atoms in total. The van der Waals surface area contributed by atoms with Crippen LogP contribution >= 0.6 is 11.6 Å². The van der Waals surface area contributed by atoms with Crippen LogP contribution in [-0.4, -0.2) is 11.8 Å². The van der Waals surface area contributed by atoms with Crippen molar-refractivity contribution in [3.05, 3.63) is 100 Å². The normalized spacial score (nSPS) is 13.9. The Kier molecular flexibility index (Phi) is 5.05. The molecule has 0 atom stereocenters. The fourth-order valence-corrected chi connectivity index (χ4v) is 3.27. The maximum Gasteiger partial charge on any atom is 0.282 e. The summed E-state index contributed by atoms with van der Waals surface area (Å²) in [6, 6.07) is 14.9. The Morgan fingerprint density at radius 3 is 2.13 bits per heavy atom. The summed E-state index contributed by atoms with van der Waals surface area (Å²) in [5.41, 5.74) is 0.504. The predicted octanol–water partition coefficient (Wildman–Crippen LogP) is 5.15. The molecule has 0 radical (unpaired) electrons. The summed E-state index contributed by atoms with van der Waals surface area (Å²) in [7, 11) is 0. The zero-order valence-corrected chi connectivity index (χ0v) is 15.9. The first kappa shape index (κ1) is 19.7. The van der Waals surface area contributed by atoms with E-state index in [1.165, 1.54) is 12.1 Å². The molecule has 1 aliphatic heterocycles. The molecule has 8 heteroatoms. The van der Waals surface area contributed by atoms with E-state index in [0.717, 1.165) is 29.2 Å². The minimum Gasteiger partial charge on any atom is -0.350 e. The van der Waals surface area contributed by atoms with Gasteiger partial charge in [-0.3, -0.25) is 9.59 Å². The fourth-order valence-electron chi connectivity index (χ4n) is 3.10. The van der Waals surface area contributed by atoms with Crippen LogP contribution in [0.2, 0.25) is 5.02 Å². The number of nitrogens with one attached hydrogen (secondary N) is 1. The number of amides is 2. The van der Waals surface area contributed by atoms with E-state index < -0.39 is 29.3 Å². The lowest BCUT2D eigenvalue weighted by Crippen LogP contribution is -2.32. The van der Waals surface area contributed by atoms with E-state index in [-0.39, 0.29) is 27.7 Å². The number of imide groups is 1. The van der Waals surface area contributed by atoms with E-state index in [4.69, 9.17) is 11.6 Å². The first-order valence-electron chi connectivity index (χ1n) is 8.72. The Bertz CT molecular complexity index is 1210. The van der Waals surface area contributed by atoms with Crippen molar-refractivity contribution in [3.8, 4) is 0 Å². The van der Waals surface area contributed by atoms with Gasteiger partial charge in [-0.15, -0.1) is 0 Å². The molecule has 4 rings (SSSR count). The number of hydrogen-bond donors (Lipinski definition) is 1. The summed E-state index contributed by atoms with van der Waals surface area (Å²) in [5, 5.41) is 2.46. The van der Waals surface area contributed by atoms with E-state index >= 15 is 0 Å². The molecule has 0 saturated heterocycles. The lowest BCUT2D eigenvalue weighted by Gasteiger charge is -2.16. The Labute approximate surface area is 174 Å². The molecule has 2 amide bonds. The number of nitrogens with zero attached hydrogens (tertiary/aromatic N) is 1. The molecule has 3 aromatic carbocycles.